The number of rotatable bonds is 11. The van der Waals surface area contributed by atoms with Gasteiger partial charge < -0.3 is 39.2 Å². The Balaban J connectivity index is 2.33. The third-order valence-corrected chi connectivity index (χ3v) is 5.75. The first kappa shape index (κ1) is 31.9. The van der Waals surface area contributed by atoms with Gasteiger partial charge in [-0.15, -0.1) is 0 Å². The van der Waals surface area contributed by atoms with Crippen molar-refractivity contribution in [3.05, 3.63) is 35.9 Å². The fourth-order valence-corrected chi connectivity index (χ4v) is 4.48. The normalized spacial score (nSPS) is 23.2. The van der Waals surface area contributed by atoms with Crippen LogP contribution in [0.4, 0.5) is 0 Å². The van der Waals surface area contributed by atoms with Gasteiger partial charge in [0.15, 0.2) is 29.7 Å². The van der Waals surface area contributed by atoms with Gasteiger partial charge in [0, 0.05) is 40.3 Å². The number of benzene rings is 1. The molecule has 0 aliphatic carbocycles. The maximum absolute atomic E-state index is 12.0. The summed E-state index contributed by atoms with van der Waals surface area (Å²) in [7, 11) is 3.88. The summed E-state index contributed by atoms with van der Waals surface area (Å²) in [5.41, 5.74) is 1.10. The topological polar surface area (TPSA) is 142 Å². The Kier molecular flexibility index (Phi) is 12.6. The zero-order valence-electron chi connectivity index (χ0n) is 23.0. The third kappa shape index (κ3) is 11.2. The molecule has 0 aromatic heterocycles. The molecule has 1 aliphatic heterocycles. The van der Waals surface area contributed by atoms with Crippen LogP contribution in [0.15, 0.2) is 30.3 Å². The minimum atomic E-state index is -1.29. The SMILES string of the molecule is CC(=O)OC[C@H]1O[C@@H](NC(=S)N[C@H](Cc2ccccc2)CN(C)C)[C@H](OC(C)=O)[C@@H](OC(C)=O)[C@@H]1OC(C)=O. The molecule has 1 aromatic rings. The summed E-state index contributed by atoms with van der Waals surface area (Å²) >= 11 is 5.58. The quantitative estimate of drug-likeness (QED) is 0.220. The molecule has 1 saturated heterocycles. The Hall–Kier alpha value is -3.29. The van der Waals surface area contributed by atoms with Gasteiger partial charge in [0.1, 0.15) is 12.7 Å². The number of hydrogen-bond acceptors (Lipinski definition) is 11. The fraction of sp³-hybridized carbons (Fsp3) is 0.577. The van der Waals surface area contributed by atoms with Crippen molar-refractivity contribution in [1.29, 1.82) is 0 Å². The Bertz CT molecular complexity index is 1010. The second-order valence-corrected chi connectivity index (χ2v) is 9.79. The fourth-order valence-electron chi connectivity index (χ4n) is 4.20. The number of nitrogens with one attached hydrogen (secondary N) is 2. The predicted octanol–water partition coefficient (Wildman–Crippen LogP) is 0.707. The predicted molar refractivity (Wildman–Crippen MR) is 143 cm³/mol. The summed E-state index contributed by atoms with van der Waals surface area (Å²) in [5.74, 6) is -2.71. The molecule has 1 heterocycles. The molecule has 0 saturated carbocycles. The molecule has 216 valence electrons. The minimum Gasteiger partial charge on any atom is -0.463 e. The lowest BCUT2D eigenvalue weighted by Crippen LogP contribution is -2.67. The molecule has 0 bridgehead atoms. The van der Waals surface area contributed by atoms with Crippen molar-refractivity contribution in [2.24, 2.45) is 0 Å². The van der Waals surface area contributed by atoms with Crippen LogP contribution in [-0.2, 0) is 49.3 Å². The van der Waals surface area contributed by atoms with Gasteiger partial charge in [-0.1, -0.05) is 30.3 Å². The summed E-state index contributed by atoms with van der Waals surface area (Å²) in [6.45, 7) is 5.03. The zero-order chi connectivity index (χ0) is 29.1. The van der Waals surface area contributed by atoms with Crippen molar-refractivity contribution < 1.29 is 42.9 Å². The van der Waals surface area contributed by atoms with E-state index < -0.39 is 54.5 Å². The molecular formula is C26H37N3O9S. The van der Waals surface area contributed by atoms with E-state index in [1.165, 1.54) is 13.8 Å². The van der Waals surface area contributed by atoms with Crippen LogP contribution in [0.1, 0.15) is 33.3 Å². The molecule has 13 heteroatoms. The van der Waals surface area contributed by atoms with Gasteiger partial charge >= 0.3 is 23.9 Å². The highest BCUT2D eigenvalue weighted by atomic mass is 32.1. The number of thiocarbonyl (C=S) groups is 1. The first-order chi connectivity index (χ1) is 18.3. The molecule has 12 nitrogen and oxygen atoms in total. The van der Waals surface area contributed by atoms with Crippen molar-refractivity contribution in [2.45, 2.75) is 70.8 Å². The standard InChI is InChI=1S/C26H37N3O9S/c1-15(30)34-14-21-22(35-16(2)31)23(36-17(3)32)24(37-18(4)33)25(38-21)28-26(39)27-20(13-29(5)6)12-19-10-8-7-9-11-19/h7-11,20-25H,12-14H2,1-6H3,(H2,27,28,39)/t20-,21-,22-,23+,24-,25-/m1/s1. The first-order valence-electron chi connectivity index (χ1n) is 12.4. The average molecular weight is 568 g/mol. The number of hydrogen-bond donors (Lipinski definition) is 2. The Morgan fingerprint density at radius 3 is 2.00 bits per heavy atom. The summed E-state index contributed by atoms with van der Waals surface area (Å²) in [4.78, 5) is 49.4. The van der Waals surface area contributed by atoms with Crippen molar-refractivity contribution in [1.82, 2.24) is 15.5 Å². The van der Waals surface area contributed by atoms with Crippen LogP contribution in [0.5, 0.6) is 0 Å². The lowest BCUT2D eigenvalue weighted by Gasteiger charge is -2.44. The number of esters is 4. The van der Waals surface area contributed by atoms with Crippen LogP contribution in [0, 0.1) is 0 Å². The second-order valence-electron chi connectivity index (χ2n) is 9.39. The Morgan fingerprint density at radius 2 is 1.46 bits per heavy atom. The molecular weight excluding hydrogens is 530 g/mol. The number of likely N-dealkylation sites (N-methyl/N-ethyl adjacent to an activating group) is 1. The van der Waals surface area contributed by atoms with Gasteiger partial charge in [-0.2, -0.15) is 0 Å². The van der Waals surface area contributed by atoms with Crippen LogP contribution in [0.2, 0.25) is 0 Å². The summed E-state index contributed by atoms with van der Waals surface area (Å²) in [5, 5.41) is 6.43. The van der Waals surface area contributed by atoms with Gasteiger partial charge in [0.2, 0.25) is 0 Å². The van der Waals surface area contributed by atoms with E-state index in [2.05, 4.69) is 10.6 Å². The summed E-state index contributed by atoms with van der Waals surface area (Å²) in [6.07, 6.45) is -5.34. The minimum absolute atomic E-state index is 0.104. The molecule has 2 N–H and O–H groups in total. The molecule has 0 radical (unpaired) electrons. The van der Waals surface area contributed by atoms with Crippen molar-refractivity contribution >= 4 is 41.2 Å². The van der Waals surface area contributed by atoms with E-state index in [4.69, 9.17) is 35.9 Å². The van der Waals surface area contributed by atoms with Crippen LogP contribution < -0.4 is 10.6 Å². The Labute approximate surface area is 233 Å². The van der Waals surface area contributed by atoms with E-state index in [1.807, 2.05) is 49.3 Å². The summed E-state index contributed by atoms with van der Waals surface area (Å²) in [6, 6.07) is 9.77. The lowest BCUT2D eigenvalue weighted by molar-refractivity contribution is -0.254. The first-order valence-corrected chi connectivity index (χ1v) is 12.8. The Morgan fingerprint density at radius 1 is 0.897 bits per heavy atom. The van der Waals surface area contributed by atoms with Gasteiger partial charge in [-0.05, 0) is 38.3 Å². The molecule has 39 heavy (non-hydrogen) atoms. The number of ether oxygens (including phenoxy) is 5. The molecule has 0 spiro atoms. The highest BCUT2D eigenvalue weighted by molar-refractivity contribution is 7.80. The highest BCUT2D eigenvalue weighted by Gasteiger charge is 2.52. The molecule has 1 fully saturated rings. The van der Waals surface area contributed by atoms with Crippen LogP contribution in [0.25, 0.3) is 0 Å². The molecule has 6 atom stereocenters. The van der Waals surface area contributed by atoms with Gasteiger partial charge in [-0.3, -0.25) is 19.2 Å². The smallest absolute Gasteiger partial charge is 0.303 e. The summed E-state index contributed by atoms with van der Waals surface area (Å²) < 4.78 is 27.5. The highest BCUT2D eigenvalue weighted by Crippen LogP contribution is 2.28. The van der Waals surface area contributed by atoms with Crippen LogP contribution in [-0.4, -0.2) is 97.8 Å². The average Bonchev–Trinajstić information content (AvgIpc) is 2.81. The monoisotopic (exact) mass is 567 g/mol. The second kappa shape index (κ2) is 15.3. The largest absolute Gasteiger partial charge is 0.463 e. The molecule has 1 aliphatic rings. The maximum atomic E-state index is 12.0. The molecule has 0 unspecified atom stereocenters. The zero-order valence-corrected chi connectivity index (χ0v) is 23.8. The molecule has 1 aromatic carbocycles. The van der Waals surface area contributed by atoms with E-state index in [-0.39, 0.29) is 17.8 Å². The number of carbonyl (C=O) groups is 4. The molecule has 2 rings (SSSR count). The van der Waals surface area contributed by atoms with Crippen molar-refractivity contribution in [3.8, 4) is 0 Å². The third-order valence-electron chi connectivity index (χ3n) is 5.51. The number of carbonyl (C=O) groups excluding carboxylic acids is 4. The van der Waals surface area contributed by atoms with E-state index in [0.29, 0.717) is 13.0 Å². The van der Waals surface area contributed by atoms with Crippen LogP contribution in [0.3, 0.4) is 0 Å². The van der Waals surface area contributed by atoms with E-state index in [1.54, 1.807) is 0 Å². The van der Waals surface area contributed by atoms with Gasteiger partial charge in [-0.25, -0.2) is 0 Å². The van der Waals surface area contributed by atoms with Crippen LogP contribution >= 0.6 is 12.2 Å². The van der Waals surface area contributed by atoms with Gasteiger partial charge in [0.25, 0.3) is 0 Å². The van der Waals surface area contributed by atoms with E-state index >= 15 is 0 Å². The molecule has 0 amide bonds. The van der Waals surface area contributed by atoms with E-state index in [9.17, 15) is 19.2 Å². The van der Waals surface area contributed by atoms with E-state index in [0.717, 1.165) is 19.4 Å². The number of nitrogens with zero attached hydrogens (tertiary/aromatic N) is 1. The van der Waals surface area contributed by atoms with Gasteiger partial charge in [0.05, 0.1) is 0 Å². The maximum Gasteiger partial charge on any atom is 0.303 e. The lowest BCUT2D eigenvalue weighted by atomic mass is 9.97. The van der Waals surface area contributed by atoms with Crippen molar-refractivity contribution in [2.75, 3.05) is 27.2 Å². The van der Waals surface area contributed by atoms with Crippen molar-refractivity contribution in [3.63, 3.8) is 0 Å².